The Hall–Kier alpha value is -2.39. The van der Waals surface area contributed by atoms with Gasteiger partial charge in [0.2, 0.25) is 0 Å². The molecule has 0 saturated carbocycles. The Balaban J connectivity index is 1.47. The summed E-state index contributed by atoms with van der Waals surface area (Å²) in [6, 6.07) is 18.4. The van der Waals surface area contributed by atoms with Gasteiger partial charge in [-0.2, -0.15) is 0 Å². The predicted molar refractivity (Wildman–Crippen MR) is 104 cm³/mol. The van der Waals surface area contributed by atoms with E-state index in [9.17, 15) is 4.79 Å². The molecule has 0 atom stereocenters. The number of benzene rings is 2. The van der Waals surface area contributed by atoms with Gasteiger partial charge in [-0.05, 0) is 29.7 Å². The maximum atomic E-state index is 12.6. The van der Waals surface area contributed by atoms with Crippen LogP contribution in [0.4, 0.5) is 0 Å². The van der Waals surface area contributed by atoms with Gasteiger partial charge in [0.25, 0.3) is 5.91 Å². The van der Waals surface area contributed by atoms with Crippen LogP contribution in [0.25, 0.3) is 6.08 Å². The Kier molecular flexibility index (Phi) is 6.02. The van der Waals surface area contributed by atoms with E-state index in [-0.39, 0.29) is 5.91 Å². The quantitative estimate of drug-likeness (QED) is 0.832. The molecule has 0 spiro atoms. The number of piperazine rings is 1. The van der Waals surface area contributed by atoms with E-state index in [1.54, 1.807) is 0 Å². The third kappa shape index (κ3) is 4.80. The molecule has 1 fully saturated rings. The normalized spacial score (nSPS) is 15.6. The van der Waals surface area contributed by atoms with Crippen molar-refractivity contribution >= 4 is 12.0 Å². The average molecular weight is 334 g/mol. The van der Waals surface area contributed by atoms with Gasteiger partial charge in [0, 0.05) is 38.3 Å². The second-order valence-electron chi connectivity index (χ2n) is 6.46. The lowest BCUT2D eigenvalue weighted by Gasteiger charge is -2.34. The second-order valence-corrected chi connectivity index (χ2v) is 6.46. The van der Waals surface area contributed by atoms with Crippen molar-refractivity contribution in [1.82, 2.24) is 9.80 Å². The molecule has 0 N–H and O–H groups in total. The Labute approximate surface area is 150 Å². The molecule has 1 saturated heterocycles. The summed E-state index contributed by atoms with van der Waals surface area (Å²) in [5.41, 5.74) is 3.30. The zero-order valence-corrected chi connectivity index (χ0v) is 14.9. The average Bonchev–Trinajstić information content (AvgIpc) is 2.69. The Morgan fingerprint density at radius 1 is 0.960 bits per heavy atom. The van der Waals surface area contributed by atoms with Gasteiger partial charge in [-0.1, -0.05) is 61.5 Å². The van der Waals surface area contributed by atoms with Crippen LogP contribution in [0, 0.1) is 0 Å². The number of amides is 1. The van der Waals surface area contributed by atoms with Crippen molar-refractivity contribution in [2.75, 3.05) is 32.7 Å². The smallest absolute Gasteiger partial charge is 0.253 e. The van der Waals surface area contributed by atoms with Crippen LogP contribution in [0.1, 0.15) is 28.4 Å². The molecule has 0 aromatic heterocycles. The van der Waals surface area contributed by atoms with Crippen molar-refractivity contribution in [3.63, 3.8) is 0 Å². The first kappa shape index (κ1) is 17.4. The summed E-state index contributed by atoms with van der Waals surface area (Å²) in [7, 11) is 0. The van der Waals surface area contributed by atoms with Crippen molar-refractivity contribution in [2.45, 2.75) is 13.3 Å². The summed E-state index contributed by atoms with van der Waals surface area (Å²) >= 11 is 0. The largest absolute Gasteiger partial charge is 0.336 e. The van der Waals surface area contributed by atoms with Crippen LogP contribution in [0.3, 0.4) is 0 Å². The van der Waals surface area contributed by atoms with Gasteiger partial charge >= 0.3 is 0 Å². The summed E-state index contributed by atoms with van der Waals surface area (Å²) in [4.78, 5) is 17.0. The molecule has 3 rings (SSSR count). The number of carbonyl (C=O) groups excluding carboxylic acids is 1. The van der Waals surface area contributed by atoms with Crippen molar-refractivity contribution < 1.29 is 4.79 Å². The van der Waals surface area contributed by atoms with E-state index in [0.29, 0.717) is 0 Å². The highest BCUT2D eigenvalue weighted by Gasteiger charge is 2.21. The third-order valence-electron chi connectivity index (χ3n) is 4.74. The highest BCUT2D eigenvalue weighted by Crippen LogP contribution is 2.11. The molecule has 0 aliphatic carbocycles. The van der Waals surface area contributed by atoms with Crippen molar-refractivity contribution in [1.29, 1.82) is 0 Å². The predicted octanol–water partition coefficient (Wildman–Crippen LogP) is 3.72. The third-order valence-corrected chi connectivity index (χ3v) is 4.74. The van der Waals surface area contributed by atoms with Crippen molar-refractivity contribution in [2.24, 2.45) is 0 Å². The van der Waals surface area contributed by atoms with Crippen LogP contribution in [0.2, 0.25) is 0 Å². The van der Waals surface area contributed by atoms with Crippen LogP contribution in [0.15, 0.2) is 60.7 Å². The summed E-state index contributed by atoms with van der Waals surface area (Å²) in [5.74, 6) is 0.155. The van der Waals surface area contributed by atoms with Crippen LogP contribution < -0.4 is 0 Å². The minimum absolute atomic E-state index is 0.155. The summed E-state index contributed by atoms with van der Waals surface area (Å²) in [5, 5.41) is 0. The van der Waals surface area contributed by atoms with Crippen LogP contribution in [0.5, 0.6) is 0 Å². The molecule has 25 heavy (non-hydrogen) atoms. The highest BCUT2D eigenvalue weighted by atomic mass is 16.2. The molecule has 1 aliphatic rings. The first-order valence-corrected chi connectivity index (χ1v) is 9.08. The molecule has 3 heteroatoms. The number of rotatable bonds is 5. The Morgan fingerprint density at radius 2 is 1.64 bits per heavy atom. The van der Waals surface area contributed by atoms with Crippen LogP contribution in [-0.2, 0) is 6.42 Å². The molecule has 3 nitrogen and oxygen atoms in total. The standard InChI is InChI=1S/C22H26N2O/c1-2-19-10-12-21(13-11-19)22(25)24-17-15-23(16-18-24)14-6-9-20-7-4-3-5-8-20/h3-13H,2,14-18H2,1H3/b9-6+. The maximum absolute atomic E-state index is 12.6. The van der Waals surface area contributed by atoms with Gasteiger partial charge < -0.3 is 4.90 Å². The number of nitrogens with zero attached hydrogens (tertiary/aromatic N) is 2. The monoisotopic (exact) mass is 334 g/mol. The molecule has 2 aromatic rings. The van der Waals surface area contributed by atoms with Crippen molar-refractivity contribution in [3.8, 4) is 0 Å². The lowest BCUT2D eigenvalue weighted by Crippen LogP contribution is -2.48. The van der Waals surface area contributed by atoms with E-state index in [0.717, 1.165) is 44.7 Å². The van der Waals surface area contributed by atoms with Gasteiger partial charge in [-0.25, -0.2) is 0 Å². The SMILES string of the molecule is CCc1ccc(C(=O)N2CCN(C/C=C/c3ccccc3)CC2)cc1. The second kappa shape index (κ2) is 8.63. The molecule has 0 bridgehead atoms. The lowest BCUT2D eigenvalue weighted by atomic mass is 10.1. The maximum Gasteiger partial charge on any atom is 0.253 e. The van der Waals surface area contributed by atoms with E-state index >= 15 is 0 Å². The summed E-state index contributed by atoms with van der Waals surface area (Å²) in [6.07, 6.45) is 5.37. The number of carbonyl (C=O) groups is 1. The molecular formula is C22H26N2O. The Bertz CT molecular complexity index is 699. The summed E-state index contributed by atoms with van der Waals surface area (Å²) in [6.45, 7) is 6.52. The topological polar surface area (TPSA) is 23.6 Å². The van der Waals surface area contributed by atoms with E-state index in [1.807, 2.05) is 23.1 Å². The fourth-order valence-corrected chi connectivity index (χ4v) is 3.10. The van der Waals surface area contributed by atoms with Gasteiger partial charge in [-0.3, -0.25) is 9.69 Å². The zero-order valence-electron chi connectivity index (χ0n) is 14.9. The Morgan fingerprint density at radius 3 is 2.28 bits per heavy atom. The van der Waals surface area contributed by atoms with Crippen molar-refractivity contribution in [3.05, 3.63) is 77.4 Å². The minimum atomic E-state index is 0.155. The van der Waals surface area contributed by atoms with Crippen LogP contribution >= 0.6 is 0 Å². The molecule has 1 amide bonds. The number of hydrogen-bond acceptors (Lipinski definition) is 2. The van der Waals surface area contributed by atoms with E-state index in [1.165, 1.54) is 11.1 Å². The summed E-state index contributed by atoms with van der Waals surface area (Å²) < 4.78 is 0. The van der Waals surface area contributed by atoms with E-state index < -0.39 is 0 Å². The first-order chi connectivity index (χ1) is 12.3. The number of hydrogen-bond donors (Lipinski definition) is 0. The van der Waals surface area contributed by atoms with Gasteiger partial charge in [0.1, 0.15) is 0 Å². The molecule has 130 valence electrons. The lowest BCUT2D eigenvalue weighted by molar-refractivity contribution is 0.0650. The first-order valence-electron chi connectivity index (χ1n) is 9.08. The number of aryl methyl sites for hydroxylation is 1. The minimum Gasteiger partial charge on any atom is -0.336 e. The fraction of sp³-hybridized carbons (Fsp3) is 0.318. The van der Waals surface area contributed by atoms with E-state index in [4.69, 9.17) is 0 Å². The van der Waals surface area contributed by atoms with E-state index in [2.05, 4.69) is 60.4 Å². The van der Waals surface area contributed by atoms with Gasteiger partial charge in [0.05, 0.1) is 0 Å². The molecule has 1 heterocycles. The van der Waals surface area contributed by atoms with Gasteiger partial charge in [-0.15, -0.1) is 0 Å². The molecule has 0 radical (unpaired) electrons. The van der Waals surface area contributed by atoms with Crippen LogP contribution in [-0.4, -0.2) is 48.4 Å². The van der Waals surface area contributed by atoms with Gasteiger partial charge in [0.15, 0.2) is 0 Å². The molecule has 2 aromatic carbocycles. The fourth-order valence-electron chi connectivity index (χ4n) is 3.10. The zero-order chi connectivity index (χ0) is 17.5. The molecular weight excluding hydrogens is 308 g/mol. The molecule has 1 aliphatic heterocycles. The highest BCUT2D eigenvalue weighted by molar-refractivity contribution is 5.94. The molecule has 0 unspecified atom stereocenters.